The lowest BCUT2D eigenvalue weighted by molar-refractivity contribution is 0.0524. The van der Waals surface area contributed by atoms with Crippen LogP contribution in [0.3, 0.4) is 0 Å². The molecule has 3 aliphatic rings. The van der Waals surface area contributed by atoms with Gasteiger partial charge in [0, 0.05) is 45.0 Å². The van der Waals surface area contributed by atoms with Crippen molar-refractivity contribution in [3.63, 3.8) is 0 Å². The van der Waals surface area contributed by atoms with Gasteiger partial charge < -0.3 is 19.9 Å². The fourth-order valence-electron chi connectivity index (χ4n) is 5.73. The van der Waals surface area contributed by atoms with E-state index in [0.717, 1.165) is 76.1 Å². The number of aryl methyl sites for hydroxylation is 2. The van der Waals surface area contributed by atoms with Gasteiger partial charge >= 0.3 is 0 Å². The zero-order valence-electron chi connectivity index (χ0n) is 20.9. The van der Waals surface area contributed by atoms with Gasteiger partial charge in [0.25, 0.3) is 0 Å². The monoisotopic (exact) mass is 477 g/mol. The molecule has 6 nitrogen and oxygen atoms in total. The maximum atomic E-state index is 10.6. The van der Waals surface area contributed by atoms with Crippen molar-refractivity contribution in [1.29, 1.82) is 0 Å². The van der Waals surface area contributed by atoms with Crippen LogP contribution >= 0.6 is 0 Å². The molecule has 4 atom stereocenters. The average Bonchev–Trinajstić information content (AvgIpc) is 3.53. The number of anilines is 1. The van der Waals surface area contributed by atoms with Crippen LogP contribution in [0.2, 0.25) is 0 Å². The van der Waals surface area contributed by atoms with Gasteiger partial charge in [0.1, 0.15) is 11.6 Å². The summed E-state index contributed by atoms with van der Waals surface area (Å²) in [6, 6.07) is 12.6. The summed E-state index contributed by atoms with van der Waals surface area (Å²) in [7, 11) is 1.78. The van der Waals surface area contributed by atoms with E-state index in [9.17, 15) is 5.11 Å². The number of rotatable bonds is 11. The number of ether oxygens (including phenoxy) is 2. The van der Waals surface area contributed by atoms with E-state index in [0.29, 0.717) is 5.92 Å². The summed E-state index contributed by atoms with van der Waals surface area (Å²) < 4.78 is 11.8. The maximum Gasteiger partial charge on any atom is 0.129 e. The molecule has 1 aromatic heterocycles. The van der Waals surface area contributed by atoms with Crippen molar-refractivity contribution in [2.75, 3.05) is 38.7 Å². The minimum Gasteiger partial charge on any atom is -0.511 e. The molecule has 2 fully saturated rings. The van der Waals surface area contributed by atoms with Crippen LogP contribution in [0.1, 0.15) is 66.4 Å². The molecule has 1 saturated heterocycles. The highest BCUT2D eigenvalue weighted by molar-refractivity contribution is 5.47. The van der Waals surface area contributed by atoms with Crippen LogP contribution in [0.25, 0.3) is 0 Å². The highest BCUT2D eigenvalue weighted by atomic mass is 16.5. The van der Waals surface area contributed by atoms with E-state index in [2.05, 4.69) is 53.2 Å². The molecule has 3 heterocycles. The molecule has 1 saturated carbocycles. The second kappa shape index (κ2) is 11.1. The van der Waals surface area contributed by atoms with Crippen molar-refractivity contribution < 1.29 is 14.6 Å². The van der Waals surface area contributed by atoms with Gasteiger partial charge in [-0.3, -0.25) is 4.90 Å². The number of benzene rings is 1. The summed E-state index contributed by atoms with van der Waals surface area (Å²) in [5, 5.41) is 14.0. The third kappa shape index (κ3) is 5.71. The Labute approximate surface area is 209 Å². The van der Waals surface area contributed by atoms with E-state index < -0.39 is 0 Å². The van der Waals surface area contributed by atoms with Gasteiger partial charge in [-0.15, -0.1) is 0 Å². The molecule has 2 aromatic rings. The lowest BCUT2D eigenvalue weighted by atomic mass is 9.95. The molecule has 0 bridgehead atoms. The predicted molar refractivity (Wildman–Crippen MR) is 139 cm³/mol. The zero-order chi connectivity index (χ0) is 24.2. The molecular formula is C29H39N3O3. The number of nitrogens with one attached hydrogen (secondary N) is 1. The van der Waals surface area contributed by atoms with Crippen LogP contribution < -0.4 is 5.32 Å². The van der Waals surface area contributed by atoms with Gasteiger partial charge in [-0.2, -0.15) is 0 Å². The predicted octanol–water partition coefficient (Wildman–Crippen LogP) is 5.17. The Morgan fingerprint density at radius 2 is 2.14 bits per heavy atom. The van der Waals surface area contributed by atoms with E-state index in [-0.39, 0.29) is 24.0 Å². The van der Waals surface area contributed by atoms with Crippen LogP contribution in [-0.2, 0) is 22.3 Å². The Bertz CT molecular complexity index is 1030. The summed E-state index contributed by atoms with van der Waals surface area (Å²) in [6.07, 6.45) is 7.92. The smallest absolute Gasteiger partial charge is 0.129 e. The van der Waals surface area contributed by atoms with Crippen molar-refractivity contribution in [3.05, 3.63) is 71.1 Å². The number of aromatic nitrogens is 1. The lowest BCUT2D eigenvalue weighted by Gasteiger charge is -2.29. The van der Waals surface area contributed by atoms with Gasteiger partial charge in [0.2, 0.25) is 0 Å². The molecular weight excluding hydrogens is 438 g/mol. The fraction of sp³-hybridized carbons (Fsp3) is 0.552. The first kappa shape index (κ1) is 24.3. The van der Waals surface area contributed by atoms with E-state index >= 15 is 0 Å². The second-order valence-electron chi connectivity index (χ2n) is 10.2. The number of hydrogen-bond acceptors (Lipinski definition) is 6. The Morgan fingerprint density at radius 3 is 2.97 bits per heavy atom. The van der Waals surface area contributed by atoms with Gasteiger partial charge in [0.05, 0.1) is 18.2 Å². The maximum absolute atomic E-state index is 10.6. The number of pyridine rings is 1. The Hall–Kier alpha value is -2.41. The minimum absolute atomic E-state index is 0.193. The largest absolute Gasteiger partial charge is 0.511 e. The molecule has 2 N–H and O–H groups in total. The molecule has 5 rings (SSSR count). The van der Waals surface area contributed by atoms with Crippen LogP contribution in [0.5, 0.6) is 0 Å². The molecule has 1 aliphatic carbocycles. The molecule has 0 amide bonds. The first-order valence-corrected chi connectivity index (χ1v) is 13.2. The van der Waals surface area contributed by atoms with E-state index in [4.69, 9.17) is 14.5 Å². The average molecular weight is 478 g/mol. The van der Waals surface area contributed by atoms with Gasteiger partial charge in [-0.1, -0.05) is 36.9 Å². The second-order valence-corrected chi connectivity index (χ2v) is 10.2. The molecule has 0 spiro atoms. The van der Waals surface area contributed by atoms with Crippen molar-refractivity contribution >= 4 is 5.82 Å². The SMILES string of the molecule is C=C(O)C(c1ccccc1C1CC1OC)N1CC[C@@H](OCCCCc2ccc3c(n2)NCCC3)C1. The topological polar surface area (TPSA) is 66.9 Å². The third-order valence-corrected chi connectivity index (χ3v) is 7.71. The van der Waals surface area contributed by atoms with Gasteiger partial charge in [-0.25, -0.2) is 4.98 Å². The number of hydrogen-bond donors (Lipinski definition) is 2. The first-order chi connectivity index (χ1) is 17.1. The zero-order valence-corrected chi connectivity index (χ0v) is 20.9. The lowest BCUT2D eigenvalue weighted by Crippen LogP contribution is -2.30. The van der Waals surface area contributed by atoms with Crippen molar-refractivity contribution in [2.45, 2.75) is 69.1 Å². The van der Waals surface area contributed by atoms with Gasteiger partial charge in [0.15, 0.2) is 0 Å². The fourth-order valence-corrected chi connectivity index (χ4v) is 5.73. The van der Waals surface area contributed by atoms with Crippen LogP contribution in [-0.4, -0.2) is 60.5 Å². The molecule has 6 heteroatoms. The van der Waals surface area contributed by atoms with E-state index in [1.807, 2.05) is 0 Å². The van der Waals surface area contributed by atoms with Crippen LogP contribution in [0.15, 0.2) is 48.7 Å². The summed E-state index contributed by atoms with van der Waals surface area (Å²) in [5.41, 5.74) is 4.93. The molecule has 1 aromatic carbocycles. The normalized spacial score (nSPS) is 24.5. The first-order valence-electron chi connectivity index (χ1n) is 13.2. The van der Waals surface area contributed by atoms with Crippen molar-refractivity contribution in [2.24, 2.45) is 0 Å². The number of methoxy groups -OCH3 is 1. The number of nitrogens with zero attached hydrogens (tertiary/aromatic N) is 2. The van der Waals surface area contributed by atoms with E-state index in [1.165, 1.54) is 23.2 Å². The number of aliphatic hydroxyl groups is 1. The summed E-state index contributed by atoms with van der Waals surface area (Å²) in [5.74, 6) is 1.70. The third-order valence-electron chi connectivity index (χ3n) is 7.71. The molecule has 188 valence electrons. The quantitative estimate of drug-likeness (QED) is 0.344. The molecule has 2 aliphatic heterocycles. The molecule has 0 radical (unpaired) electrons. The number of aliphatic hydroxyl groups excluding tert-OH is 1. The summed E-state index contributed by atoms with van der Waals surface area (Å²) in [6.45, 7) is 7.44. The number of likely N-dealkylation sites (tertiary alicyclic amines) is 1. The Balaban J connectivity index is 1.10. The van der Waals surface area contributed by atoms with Crippen molar-refractivity contribution in [3.8, 4) is 0 Å². The van der Waals surface area contributed by atoms with Crippen molar-refractivity contribution in [1.82, 2.24) is 9.88 Å². The van der Waals surface area contributed by atoms with Gasteiger partial charge in [-0.05, 0) is 67.7 Å². The van der Waals surface area contributed by atoms with E-state index in [1.54, 1.807) is 7.11 Å². The molecule has 35 heavy (non-hydrogen) atoms. The number of fused-ring (bicyclic) bond motifs is 1. The Morgan fingerprint density at radius 1 is 1.26 bits per heavy atom. The van der Waals surface area contributed by atoms with Crippen LogP contribution in [0, 0.1) is 0 Å². The minimum atomic E-state index is -0.193. The molecule has 3 unspecified atom stereocenters. The number of unbranched alkanes of at least 4 members (excludes halogenated alkanes) is 1. The standard InChI is InChI=1S/C29H39N3O3/c1-20(33)28(25-11-4-3-10-24(25)26-18-27(26)34-2)32-16-14-23(19-32)35-17-6-5-9-22-13-12-21-8-7-15-30-29(21)31-22/h3-4,10-13,23,26-28,33H,1,5-9,14-19H2,2H3,(H,30,31)/t23-,26?,27?,28?/m1/s1. The summed E-state index contributed by atoms with van der Waals surface area (Å²) in [4.78, 5) is 7.12. The Kier molecular flexibility index (Phi) is 7.71. The summed E-state index contributed by atoms with van der Waals surface area (Å²) >= 11 is 0. The highest BCUT2D eigenvalue weighted by Gasteiger charge is 2.42. The highest BCUT2D eigenvalue weighted by Crippen LogP contribution is 2.47. The van der Waals surface area contributed by atoms with Crippen LogP contribution in [0.4, 0.5) is 5.82 Å².